The number of piperazine rings is 1. The van der Waals surface area contributed by atoms with E-state index in [2.05, 4.69) is 23.6 Å². The predicted molar refractivity (Wildman–Crippen MR) is 79.5 cm³/mol. The third-order valence-electron chi connectivity index (χ3n) is 5.19. The highest BCUT2D eigenvalue weighted by Gasteiger charge is 2.45. The van der Waals surface area contributed by atoms with Crippen molar-refractivity contribution in [2.45, 2.75) is 57.2 Å². The van der Waals surface area contributed by atoms with Crippen molar-refractivity contribution in [1.29, 1.82) is 0 Å². The highest BCUT2D eigenvalue weighted by atomic mass is 16.5. The second-order valence-electron chi connectivity index (χ2n) is 6.37. The first-order valence-corrected chi connectivity index (χ1v) is 7.85. The maximum absolute atomic E-state index is 11.8. The molecule has 116 valence electrons. The van der Waals surface area contributed by atoms with Crippen LogP contribution in [0.15, 0.2) is 0 Å². The molecular formula is C15H29N3O2. The Bertz CT molecular complexity index is 342. The molecule has 2 fully saturated rings. The van der Waals surface area contributed by atoms with E-state index in [9.17, 15) is 4.79 Å². The van der Waals surface area contributed by atoms with E-state index in [0.29, 0.717) is 12.1 Å². The molecule has 0 aromatic rings. The number of nitrogens with two attached hydrogens (primary N) is 1. The minimum absolute atomic E-state index is 0.252. The zero-order valence-corrected chi connectivity index (χ0v) is 13.1. The summed E-state index contributed by atoms with van der Waals surface area (Å²) in [6.45, 7) is 8.97. The van der Waals surface area contributed by atoms with Crippen LogP contribution in [0.25, 0.3) is 0 Å². The van der Waals surface area contributed by atoms with Gasteiger partial charge in [0.25, 0.3) is 0 Å². The van der Waals surface area contributed by atoms with Crippen LogP contribution in [-0.4, -0.2) is 66.7 Å². The molecule has 2 N–H and O–H groups in total. The molecule has 0 aromatic carbocycles. The van der Waals surface area contributed by atoms with Gasteiger partial charge in [0.15, 0.2) is 0 Å². The van der Waals surface area contributed by atoms with Crippen molar-refractivity contribution in [3.63, 3.8) is 0 Å². The van der Waals surface area contributed by atoms with Gasteiger partial charge in [0.05, 0.1) is 7.11 Å². The summed E-state index contributed by atoms with van der Waals surface area (Å²) in [5.74, 6) is -0.252. The van der Waals surface area contributed by atoms with Crippen molar-refractivity contribution in [2.24, 2.45) is 5.73 Å². The molecule has 3 unspecified atom stereocenters. The molecule has 5 heteroatoms. The molecular weight excluding hydrogens is 254 g/mol. The van der Waals surface area contributed by atoms with Gasteiger partial charge in [-0.25, -0.2) is 0 Å². The third kappa shape index (κ3) is 3.15. The highest BCUT2D eigenvalue weighted by molar-refractivity contribution is 5.81. The number of carbonyl (C=O) groups is 1. The fraction of sp³-hybridized carbons (Fsp3) is 0.933. The fourth-order valence-corrected chi connectivity index (χ4v) is 3.55. The summed E-state index contributed by atoms with van der Waals surface area (Å²) in [5, 5.41) is 0. The Balaban J connectivity index is 1.85. The fourth-order valence-electron chi connectivity index (χ4n) is 3.55. The molecule has 2 rings (SSSR count). The van der Waals surface area contributed by atoms with Gasteiger partial charge in [-0.3, -0.25) is 14.6 Å². The topological polar surface area (TPSA) is 58.8 Å². The van der Waals surface area contributed by atoms with Crippen LogP contribution in [0.4, 0.5) is 0 Å². The third-order valence-corrected chi connectivity index (χ3v) is 5.19. The summed E-state index contributed by atoms with van der Waals surface area (Å²) < 4.78 is 4.85. The monoisotopic (exact) mass is 283 g/mol. The number of rotatable bonds is 4. The lowest BCUT2D eigenvalue weighted by molar-refractivity contribution is -0.147. The van der Waals surface area contributed by atoms with Gasteiger partial charge in [-0.1, -0.05) is 6.92 Å². The van der Waals surface area contributed by atoms with E-state index >= 15 is 0 Å². The minimum Gasteiger partial charge on any atom is -0.468 e. The van der Waals surface area contributed by atoms with Crippen LogP contribution in [0.3, 0.4) is 0 Å². The summed E-state index contributed by atoms with van der Waals surface area (Å²) in [7, 11) is 1.43. The molecule has 1 saturated heterocycles. The number of nitrogens with zero attached hydrogens (tertiary/aromatic N) is 2. The molecule has 1 saturated carbocycles. The van der Waals surface area contributed by atoms with Gasteiger partial charge in [0, 0.05) is 38.3 Å². The van der Waals surface area contributed by atoms with Gasteiger partial charge in [-0.05, 0) is 32.6 Å². The molecule has 0 bridgehead atoms. The van der Waals surface area contributed by atoms with E-state index in [4.69, 9.17) is 10.5 Å². The maximum atomic E-state index is 11.8. The summed E-state index contributed by atoms with van der Waals surface area (Å²) >= 11 is 0. The lowest BCUT2D eigenvalue weighted by atomic mass is 9.99. The second kappa shape index (κ2) is 6.41. The lowest BCUT2D eigenvalue weighted by Gasteiger charge is -2.40. The van der Waals surface area contributed by atoms with Crippen LogP contribution in [0, 0.1) is 0 Å². The van der Waals surface area contributed by atoms with E-state index in [1.165, 1.54) is 13.5 Å². The zero-order valence-electron chi connectivity index (χ0n) is 13.1. The molecule has 1 heterocycles. The average Bonchev–Trinajstić information content (AvgIpc) is 2.89. The van der Waals surface area contributed by atoms with E-state index in [1.807, 2.05) is 0 Å². The average molecular weight is 283 g/mol. The first kappa shape index (κ1) is 15.7. The summed E-state index contributed by atoms with van der Waals surface area (Å²) in [5.41, 5.74) is 5.44. The molecule has 0 spiro atoms. The molecule has 0 radical (unpaired) electrons. The molecule has 1 aliphatic carbocycles. The Morgan fingerprint density at radius 1 is 1.40 bits per heavy atom. The van der Waals surface area contributed by atoms with Gasteiger partial charge in [0.2, 0.25) is 0 Å². The Kier molecular flexibility index (Phi) is 5.04. The number of hydrogen-bond donors (Lipinski definition) is 1. The van der Waals surface area contributed by atoms with Gasteiger partial charge in [-0.2, -0.15) is 0 Å². The van der Waals surface area contributed by atoms with Crippen molar-refractivity contribution in [2.75, 3.05) is 33.3 Å². The predicted octanol–water partition coefficient (Wildman–Crippen LogP) is 0.826. The largest absolute Gasteiger partial charge is 0.468 e. The van der Waals surface area contributed by atoms with Crippen molar-refractivity contribution in [3.8, 4) is 0 Å². The molecule has 0 amide bonds. The van der Waals surface area contributed by atoms with E-state index in [-0.39, 0.29) is 5.97 Å². The maximum Gasteiger partial charge on any atom is 0.325 e. The lowest BCUT2D eigenvalue weighted by Crippen LogP contribution is -2.53. The Morgan fingerprint density at radius 2 is 2.05 bits per heavy atom. The van der Waals surface area contributed by atoms with Crippen LogP contribution in [-0.2, 0) is 9.53 Å². The smallest absolute Gasteiger partial charge is 0.325 e. The summed E-state index contributed by atoms with van der Waals surface area (Å²) in [6.07, 6.45) is 3.70. The molecule has 1 aliphatic heterocycles. The molecule has 2 aliphatic rings. The van der Waals surface area contributed by atoms with Crippen LogP contribution in [0.5, 0.6) is 0 Å². The molecule has 20 heavy (non-hydrogen) atoms. The second-order valence-corrected chi connectivity index (χ2v) is 6.37. The van der Waals surface area contributed by atoms with E-state index in [1.54, 1.807) is 0 Å². The number of esters is 1. The normalized spacial score (nSPS) is 34.1. The van der Waals surface area contributed by atoms with Gasteiger partial charge in [0.1, 0.15) is 5.54 Å². The molecule has 0 aromatic heterocycles. The number of hydrogen-bond acceptors (Lipinski definition) is 5. The Hall–Kier alpha value is -0.650. The minimum atomic E-state index is -0.757. The number of methoxy groups -OCH3 is 1. The van der Waals surface area contributed by atoms with Crippen LogP contribution < -0.4 is 5.73 Å². The van der Waals surface area contributed by atoms with Crippen LogP contribution in [0.1, 0.15) is 39.5 Å². The van der Waals surface area contributed by atoms with Gasteiger partial charge < -0.3 is 10.5 Å². The Morgan fingerprint density at radius 3 is 2.60 bits per heavy atom. The van der Waals surface area contributed by atoms with Gasteiger partial charge >= 0.3 is 5.97 Å². The first-order chi connectivity index (χ1) is 9.50. The van der Waals surface area contributed by atoms with Gasteiger partial charge in [-0.15, -0.1) is 0 Å². The first-order valence-electron chi connectivity index (χ1n) is 7.85. The van der Waals surface area contributed by atoms with E-state index in [0.717, 1.165) is 45.4 Å². The summed E-state index contributed by atoms with van der Waals surface area (Å²) in [6, 6.07) is 1.11. The number of carbonyl (C=O) groups excluding carboxylic acids is 1. The van der Waals surface area contributed by atoms with Crippen LogP contribution in [0.2, 0.25) is 0 Å². The van der Waals surface area contributed by atoms with Crippen molar-refractivity contribution in [1.82, 2.24) is 9.80 Å². The van der Waals surface area contributed by atoms with Crippen molar-refractivity contribution < 1.29 is 9.53 Å². The molecule has 3 atom stereocenters. The Labute approximate surface area is 122 Å². The van der Waals surface area contributed by atoms with Crippen molar-refractivity contribution >= 4 is 5.97 Å². The standard InChI is InChI=1S/C15H29N3O2/c1-4-12(2)17-7-9-18(10-8-17)13-5-6-15(16,11-13)14(19)20-3/h12-13H,4-11,16H2,1-3H3. The molecule has 5 nitrogen and oxygen atoms in total. The van der Waals surface area contributed by atoms with Crippen molar-refractivity contribution in [3.05, 3.63) is 0 Å². The SMILES string of the molecule is CCC(C)N1CCN(C2CCC(N)(C(=O)OC)C2)CC1. The quantitative estimate of drug-likeness (QED) is 0.774. The van der Waals surface area contributed by atoms with E-state index < -0.39 is 5.54 Å². The van der Waals surface area contributed by atoms with Crippen LogP contribution >= 0.6 is 0 Å². The number of ether oxygens (including phenoxy) is 1. The highest BCUT2D eigenvalue weighted by Crippen LogP contribution is 2.32. The summed E-state index contributed by atoms with van der Waals surface area (Å²) in [4.78, 5) is 16.8. The zero-order chi connectivity index (χ0) is 14.8.